The van der Waals surface area contributed by atoms with Crippen LogP contribution < -0.4 is 22.6 Å². The molecule has 148 valence electrons. The zero-order valence-corrected chi connectivity index (χ0v) is 15.7. The van der Waals surface area contributed by atoms with E-state index in [0.29, 0.717) is 48.7 Å². The van der Waals surface area contributed by atoms with Crippen LogP contribution in [0.2, 0.25) is 0 Å². The standard InChI is InChI=1S/C18H29N7O2/c1-12-8-14(9-16(11-26)22-12)18(20)24-25(21)10-13-2-4-15(5-3-13)23-17(27)6-7-19/h8-9,11,13,15H,2-7,10,19,21H2,1H3,(H2,20,24)(H,23,27). The summed E-state index contributed by atoms with van der Waals surface area (Å²) >= 11 is 0. The molecule has 1 aromatic heterocycles. The zero-order chi connectivity index (χ0) is 19.8. The predicted octanol–water partition coefficient (Wildman–Crippen LogP) is 0.0223. The molecule has 1 fully saturated rings. The van der Waals surface area contributed by atoms with Crippen LogP contribution in [0.15, 0.2) is 17.2 Å². The van der Waals surface area contributed by atoms with Gasteiger partial charge in [-0.2, -0.15) is 0 Å². The lowest BCUT2D eigenvalue weighted by Gasteiger charge is -2.30. The third kappa shape index (κ3) is 6.61. The lowest BCUT2D eigenvalue weighted by Crippen LogP contribution is -2.41. The monoisotopic (exact) mass is 375 g/mol. The van der Waals surface area contributed by atoms with Gasteiger partial charge in [0, 0.05) is 30.3 Å². The number of rotatable bonds is 8. The highest BCUT2D eigenvalue weighted by molar-refractivity contribution is 5.98. The third-order valence-corrected chi connectivity index (χ3v) is 4.65. The Labute approximate surface area is 159 Å². The molecule has 0 aromatic carbocycles. The van der Waals surface area contributed by atoms with Gasteiger partial charge >= 0.3 is 0 Å². The first kappa shape index (κ1) is 20.8. The molecule has 2 rings (SSSR count). The molecule has 1 saturated carbocycles. The van der Waals surface area contributed by atoms with Gasteiger partial charge in [0.25, 0.3) is 0 Å². The molecule has 7 N–H and O–H groups in total. The maximum Gasteiger partial charge on any atom is 0.221 e. The van der Waals surface area contributed by atoms with Gasteiger partial charge in [-0.05, 0) is 50.7 Å². The second-order valence-electron chi connectivity index (χ2n) is 6.97. The fraction of sp³-hybridized carbons (Fsp3) is 0.556. The van der Waals surface area contributed by atoms with Crippen molar-refractivity contribution in [3.63, 3.8) is 0 Å². The van der Waals surface area contributed by atoms with Crippen molar-refractivity contribution >= 4 is 18.0 Å². The number of pyridine rings is 1. The van der Waals surface area contributed by atoms with Gasteiger partial charge in [-0.15, -0.1) is 5.10 Å². The number of amidine groups is 1. The Morgan fingerprint density at radius 1 is 1.37 bits per heavy atom. The van der Waals surface area contributed by atoms with E-state index in [2.05, 4.69) is 15.4 Å². The second-order valence-corrected chi connectivity index (χ2v) is 6.97. The average molecular weight is 375 g/mol. The number of hydrazone groups is 1. The molecule has 0 aliphatic heterocycles. The van der Waals surface area contributed by atoms with Crippen molar-refractivity contribution in [3.05, 3.63) is 29.1 Å². The SMILES string of the molecule is Cc1cc(/C(N)=N/N(N)CC2CCC(NC(=O)CCN)CC2)cc(C=O)n1. The minimum Gasteiger partial charge on any atom is -0.382 e. The average Bonchev–Trinajstić information content (AvgIpc) is 2.62. The minimum absolute atomic E-state index is 0.0149. The smallest absolute Gasteiger partial charge is 0.221 e. The summed E-state index contributed by atoms with van der Waals surface area (Å²) in [4.78, 5) is 26.6. The molecular formula is C18H29N7O2. The van der Waals surface area contributed by atoms with Gasteiger partial charge in [0.05, 0.1) is 6.54 Å². The van der Waals surface area contributed by atoms with E-state index in [-0.39, 0.29) is 17.8 Å². The highest BCUT2D eigenvalue weighted by Gasteiger charge is 2.23. The second kappa shape index (κ2) is 9.98. The Morgan fingerprint density at radius 3 is 2.70 bits per heavy atom. The number of carbonyl (C=O) groups is 2. The van der Waals surface area contributed by atoms with Crippen molar-refractivity contribution in [1.29, 1.82) is 0 Å². The molecule has 0 unspecified atom stereocenters. The first-order valence-electron chi connectivity index (χ1n) is 9.21. The van der Waals surface area contributed by atoms with Crippen LogP contribution in [-0.2, 0) is 4.79 Å². The van der Waals surface area contributed by atoms with Crippen LogP contribution in [0.25, 0.3) is 0 Å². The highest BCUT2D eigenvalue weighted by atomic mass is 16.1. The molecule has 9 nitrogen and oxygen atoms in total. The molecule has 0 spiro atoms. The van der Waals surface area contributed by atoms with Gasteiger partial charge < -0.3 is 16.8 Å². The molecule has 0 radical (unpaired) electrons. The van der Waals surface area contributed by atoms with Gasteiger partial charge in [0.2, 0.25) is 5.91 Å². The van der Waals surface area contributed by atoms with Crippen LogP contribution in [0, 0.1) is 12.8 Å². The fourth-order valence-corrected chi connectivity index (χ4v) is 3.32. The summed E-state index contributed by atoms with van der Waals surface area (Å²) in [6.07, 6.45) is 4.79. The quantitative estimate of drug-likeness (QED) is 0.164. The lowest BCUT2D eigenvalue weighted by atomic mass is 9.86. The first-order valence-corrected chi connectivity index (χ1v) is 9.21. The van der Waals surface area contributed by atoms with Crippen LogP contribution in [0.3, 0.4) is 0 Å². The molecule has 9 heteroatoms. The van der Waals surface area contributed by atoms with E-state index < -0.39 is 0 Å². The Kier molecular flexibility index (Phi) is 7.68. The van der Waals surface area contributed by atoms with Gasteiger partial charge in [-0.25, -0.2) is 11.0 Å². The summed E-state index contributed by atoms with van der Waals surface area (Å²) in [5, 5.41) is 8.60. The van der Waals surface area contributed by atoms with E-state index in [1.54, 1.807) is 19.1 Å². The number of aryl methyl sites for hydroxylation is 1. The summed E-state index contributed by atoms with van der Waals surface area (Å²) < 4.78 is 0. The number of hydrogen-bond acceptors (Lipinski definition) is 7. The Hall–Kier alpha value is -2.52. The number of carbonyl (C=O) groups excluding carboxylic acids is 2. The minimum atomic E-state index is 0.0149. The number of nitrogens with two attached hydrogens (primary N) is 3. The molecule has 0 atom stereocenters. The number of aromatic nitrogens is 1. The predicted molar refractivity (Wildman–Crippen MR) is 104 cm³/mol. The van der Waals surface area contributed by atoms with E-state index in [4.69, 9.17) is 17.3 Å². The van der Waals surface area contributed by atoms with E-state index in [0.717, 1.165) is 25.7 Å². The van der Waals surface area contributed by atoms with Crippen LogP contribution in [0.5, 0.6) is 0 Å². The number of aldehydes is 1. The van der Waals surface area contributed by atoms with Crippen LogP contribution in [0.1, 0.15) is 53.8 Å². The van der Waals surface area contributed by atoms with Crippen molar-refractivity contribution in [2.75, 3.05) is 13.1 Å². The lowest BCUT2D eigenvalue weighted by molar-refractivity contribution is -0.121. The Morgan fingerprint density at radius 2 is 2.07 bits per heavy atom. The molecule has 1 aliphatic rings. The molecule has 1 heterocycles. The Balaban J connectivity index is 1.86. The highest BCUT2D eigenvalue weighted by Crippen LogP contribution is 2.24. The summed E-state index contributed by atoms with van der Waals surface area (Å²) in [6, 6.07) is 3.55. The molecule has 27 heavy (non-hydrogen) atoms. The largest absolute Gasteiger partial charge is 0.382 e. The molecule has 1 amide bonds. The van der Waals surface area contributed by atoms with Crippen molar-refractivity contribution in [2.24, 2.45) is 28.3 Å². The van der Waals surface area contributed by atoms with Gasteiger partial charge in [-0.1, -0.05) is 0 Å². The summed E-state index contributed by atoms with van der Waals surface area (Å²) in [6.45, 7) is 2.73. The van der Waals surface area contributed by atoms with Gasteiger partial charge in [0.15, 0.2) is 12.1 Å². The van der Waals surface area contributed by atoms with Gasteiger partial charge in [-0.3, -0.25) is 14.6 Å². The maximum atomic E-state index is 11.6. The molecule has 0 saturated heterocycles. The number of hydrogen-bond donors (Lipinski definition) is 4. The topological polar surface area (TPSA) is 153 Å². The summed E-state index contributed by atoms with van der Waals surface area (Å²) in [7, 11) is 0. The number of nitrogens with zero attached hydrogens (tertiary/aromatic N) is 3. The summed E-state index contributed by atoms with van der Waals surface area (Å²) in [5.74, 6) is 6.65. The third-order valence-electron chi connectivity index (χ3n) is 4.65. The van der Waals surface area contributed by atoms with E-state index in [1.807, 2.05) is 0 Å². The Bertz CT molecular complexity index is 684. The molecule has 1 aromatic rings. The maximum absolute atomic E-state index is 11.6. The number of amides is 1. The van der Waals surface area contributed by atoms with E-state index in [1.165, 1.54) is 5.12 Å². The molecular weight excluding hydrogens is 346 g/mol. The van der Waals surface area contributed by atoms with Crippen molar-refractivity contribution in [2.45, 2.75) is 45.1 Å². The van der Waals surface area contributed by atoms with Gasteiger partial charge in [0.1, 0.15) is 5.69 Å². The first-order chi connectivity index (χ1) is 12.9. The summed E-state index contributed by atoms with van der Waals surface area (Å²) in [5.41, 5.74) is 13.0. The number of hydrazine groups is 1. The molecule has 0 bridgehead atoms. The number of nitrogens with one attached hydrogen (secondary N) is 1. The molecule has 1 aliphatic carbocycles. The van der Waals surface area contributed by atoms with E-state index in [9.17, 15) is 9.59 Å². The van der Waals surface area contributed by atoms with Crippen molar-refractivity contribution in [3.8, 4) is 0 Å². The van der Waals surface area contributed by atoms with Crippen molar-refractivity contribution in [1.82, 2.24) is 15.4 Å². The van der Waals surface area contributed by atoms with Crippen LogP contribution in [0.4, 0.5) is 0 Å². The normalized spacial score (nSPS) is 20.2. The van der Waals surface area contributed by atoms with Crippen LogP contribution in [-0.4, -0.2) is 47.3 Å². The van der Waals surface area contributed by atoms with Crippen LogP contribution >= 0.6 is 0 Å². The zero-order valence-electron chi connectivity index (χ0n) is 15.7. The van der Waals surface area contributed by atoms with E-state index >= 15 is 0 Å². The fourth-order valence-electron chi connectivity index (χ4n) is 3.32. The van der Waals surface area contributed by atoms with Crippen molar-refractivity contribution < 1.29 is 9.59 Å².